The molecule has 0 bridgehead atoms. The van der Waals surface area contributed by atoms with Crippen LogP contribution in [0.5, 0.6) is 0 Å². The predicted molar refractivity (Wildman–Crippen MR) is 95.9 cm³/mol. The molecule has 140 valence electrons. The van der Waals surface area contributed by atoms with Gasteiger partial charge in [0.2, 0.25) is 0 Å². The predicted octanol–water partition coefficient (Wildman–Crippen LogP) is 3.97. The van der Waals surface area contributed by atoms with Crippen LogP contribution in [0.25, 0.3) is 0 Å². The molecule has 1 N–H and O–H groups in total. The number of hydrogen-bond acceptors (Lipinski definition) is 3. The number of rotatable bonds is 1. The van der Waals surface area contributed by atoms with Crippen molar-refractivity contribution in [3.05, 3.63) is 0 Å². The lowest BCUT2D eigenvalue weighted by molar-refractivity contribution is -0.136. The van der Waals surface area contributed by atoms with E-state index in [0.717, 1.165) is 25.7 Å². The van der Waals surface area contributed by atoms with Crippen molar-refractivity contribution < 1.29 is 14.6 Å². The summed E-state index contributed by atoms with van der Waals surface area (Å²) in [6, 6.07) is 0. The molecule has 4 aliphatic carbocycles. The van der Waals surface area contributed by atoms with Gasteiger partial charge in [0.1, 0.15) is 11.4 Å². The Morgan fingerprint density at radius 2 is 1.92 bits per heavy atom. The standard InChI is InChI=1S/C22H34O3/c1-12-9-17(13(2)23)20(3)7-6-16-15(19(12)20)10-18-22(25-18)8-5-14(24)11-21(16,22)4/h12,14-19,24H,5-11H2,1-4H3/t12-,14+,15-,16-,17-,18+,19+,20-,21-,22+/m1/s1. The highest BCUT2D eigenvalue weighted by Crippen LogP contribution is 2.74. The number of hydrogen-bond donors (Lipinski definition) is 1. The Hall–Kier alpha value is -0.410. The van der Waals surface area contributed by atoms with E-state index in [2.05, 4.69) is 20.8 Å². The summed E-state index contributed by atoms with van der Waals surface area (Å²) in [5, 5.41) is 10.4. The highest BCUT2D eigenvalue weighted by atomic mass is 16.6. The lowest BCUT2D eigenvalue weighted by atomic mass is 9.44. The van der Waals surface area contributed by atoms with Crippen molar-refractivity contribution in [3.8, 4) is 0 Å². The van der Waals surface area contributed by atoms with Crippen LogP contribution in [0, 0.1) is 40.4 Å². The second kappa shape index (κ2) is 4.90. The lowest BCUT2D eigenvalue weighted by Gasteiger charge is -2.59. The molecule has 5 rings (SSSR count). The SMILES string of the molecule is CC(=O)[C@H]1C[C@@H](C)[C@H]2[C@@H]3C[C@@H]4O[C@@]45CC[C@H](O)C[C@]5(C)[C@@H]3CC[C@@]21C. The number of aliphatic hydroxyl groups excluding tert-OH is 1. The summed E-state index contributed by atoms with van der Waals surface area (Å²) in [6.07, 6.45) is 7.81. The molecule has 1 saturated heterocycles. The molecule has 0 aromatic rings. The summed E-state index contributed by atoms with van der Waals surface area (Å²) < 4.78 is 6.43. The second-order valence-corrected chi connectivity index (χ2v) is 10.8. The van der Waals surface area contributed by atoms with Gasteiger partial charge in [0.25, 0.3) is 0 Å². The quantitative estimate of drug-likeness (QED) is 0.731. The van der Waals surface area contributed by atoms with E-state index >= 15 is 0 Å². The number of carbonyl (C=O) groups is 1. The number of ketones is 1. The summed E-state index contributed by atoms with van der Waals surface area (Å²) in [7, 11) is 0. The summed E-state index contributed by atoms with van der Waals surface area (Å²) in [5.41, 5.74) is 0.390. The van der Waals surface area contributed by atoms with Crippen molar-refractivity contribution in [1.82, 2.24) is 0 Å². The smallest absolute Gasteiger partial charge is 0.133 e. The minimum absolute atomic E-state index is 0.0724. The first-order chi connectivity index (χ1) is 11.7. The maximum Gasteiger partial charge on any atom is 0.133 e. The Balaban J connectivity index is 1.53. The summed E-state index contributed by atoms with van der Waals surface area (Å²) in [5.74, 6) is 3.28. The van der Waals surface area contributed by atoms with Crippen molar-refractivity contribution in [2.75, 3.05) is 0 Å². The van der Waals surface area contributed by atoms with Gasteiger partial charge >= 0.3 is 0 Å². The Bertz CT molecular complexity index is 616. The van der Waals surface area contributed by atoms with Gasteiger partial charge in [0.15, 0.2) is 0 Å². The molecule has 1 aliphatic heterocycles. The van der Waals surface area contributed by atoms with Crippen molar-refractivity contribution >= 4 is 5.78 Å². The van der Waals surface area contributed by atoms with Gasteiger partial charge in [0, 0.05) is 11.3 Å². The van der Waals surface area contributed by atoms with Gasteiger partial charge in [-0.2, -0.15) is 0 Å². The first-order valence-corrected chi connectivity index (χ1v) is 10.6. The van der Waals surface area contributed by atoms with Gasteiger partial charge in [-0.1, -0.05) is 20.8 Å². The molecule has 0 unspecified atom stereocenters. The molecule has 1 heterocycles. The average Bonchev–Trinajstić information content (AvgIpc) is 3.16. The molecule has 1 spiro atoms. The summed E-state index contributed by atoms with van der Waals surface area (Å²) >= 11 is 0. The van der Waals surface area contributed by atoms with E-state index in [1.54, 1.807) is 0 Å². The zero-order valence-corrected chi connectivity index (χ0v) is 16.3. The van der Waals surface area contributed by atoms with E-state index in [0.29, 0.717) is 35.6 Å². The fourth-order valence-corrected chi connectivity index (χ4v) is 8.91. The number of epoxide rings is 1. The van der Waals surface area contributed by atoms with Crippen molar-refractivity contribution in [3.63, 3.8) is 0 Å². The van der Waals surface area contributed by atoms with Crippen molar-refractivity contribution in [2.24, 2.45) is 40.4 Å². The van der Waals surface area contributed by atoms with Crippen LogP contribution in [0.3, 0.4) is 0 Å². The van der Waals surface area contributed by atoms with Crippen LogP contribution in [0.1, 0.15) is 72.6 Å². The van der Waals surface area contributed by atoms with Crippen LogP contribution in [-0.2, 0) is 9.53 Å². The van der Waals surface area contributed by atoms with Gasteiger partial charge in [-0.3, -0.25) is 4.79 Å². The topological polar surface area (TPSA) is 49.8 Å². The molecule has 10 atom stereocenters. The molecule has 4 saturated carbocycles. The first kappa shape index (κ1) is 16.7. The fraction of sp³-hybridized carbons (Fsp3) is 0.955. The van der Waals surface area contributed by atoms with Gasteiger partial charge in [-0.25, -0.2) is 0 Å². The third-order valence-corrected chi connectivity index (χ3v) is 9.84. The van der Waals surface area contributed by atoms with Crippen LogP contribution in [0.4, 0.5) is 0 Å². The minimum Gasteiger partial charge on any atom is -0.393 e. The van der Waals surface area contributed by atoms with Crippen LogP contribution < -0.4 is 0 Å². The third kappa shape index (κ3) is 1.87. The first-order valence-electron chi connectivity index (χ1n) is 10.6. The molecule has 3 nitrogen and oxygen atoms in total. The summed E-state index contributed by atoms with van der Waals surface area (Å²) in [6.45, 7) is 9.04. The molecule has 25 heavy (non-hydrogen) atoms. The van der Waals surface area contributed by atoms with Crippen LogP contribution in [0.15, 0.2) is 0 Å². The molecular weight excluding hydrogens is 312 g/mol. The Labute approximate surface area is 151 Å². The van der Waals surface area contributed by atoms with Gasteiger partial charge in [-0.15, -0.1) is 0 Å². The van der Waals surface area contributed by atoms with Crippen LogP contribution in [-0.4, -0.2) is 28.7 Å². The molecule has 0 aromatic heterocycles. The van der Waals surface area contributed by atoms with Gasteiger partial charge in [-0.05, 0) is 81.0 Å². The maximum absolute atomic E-state index is 12.4. The zero-order valence-electron chi connectivity index (χ0n) is 16.3. The van der Waals surface area contributed by atoms with E-state index in [9.17, 15) is 9.90 Å². The lowest BCUT2D eigenvalue weighted by Crippen LogP contribution is -2.59. The van der Waals surface area contributed by atoms with E-state index in [4.69, 9.17) is 4.74 Å². The largest absolute Gasteiger partial charge is 0.393 e. The fourth-order valence-electron chi connectivity index (χ4n) is 8.91. The van der Waals surface area contributed by atoms with Crippen LogP contribution in [0.2, 0.25) is 0 Å². The number of aliphatic hydroxyl groups is 1. The Morgan fingerprint density at radius 1 is 1.16 bits per heavy atom. The van der Waals surface area contributed by atoms with Crippen molar-refractivity contribution in [1.29, 1.82) is 0 Å². The molecule has 0 radical (unpaired) electrons. The number of ether oxygens (including phenoxy) is 1. The highest BCUT2D eigenvalue weighted by Gasteiger charge is 2.76. The van der Waals surface area contributed by atoms with Gasteiger partial charge in [0.05, 0.1) is 12.2 Å². The van der Waals surface area contributed by atoms with E-state index in [1.165, 1.54) is 19.3 Å². The Morgan fingerprint density at radius 3 is 2.64 bits per heavy atom. The number of carbonyl (C=O) groups excluding carboxylic acids is 1. The van der Waals surface area contributed by atoms with Gasteiger partial charge < -0.3 is 9.84 Å². The van der Waals surface area contributed by atoms with E-state index < -0.39 is 0 Å². The van der Waals surface area contributed by atoms with Crippen LogP contribution >= 0.6 is 0 Å². The Kier molecular flexibility index (Phi) is 3.28. The maximum atomic E-state index is 12.4. The minimum atomic E-state index is -0.154. The van der Waals surface area contributed by atoms with Crippen molar-refractivity contribution in [2.45, 2.75) is 90.4 Å². The molecular formula is C22H34O3. The van der Waals surface area contributed by atoms with E-state index in [-0.39, 0.29) is 28.5 Å². The zero-order chi connectivity index (χ0) is 17.8. The molecule has 5 aliphatic rings. The molecule has 0 aromatic carbocycles. The average molecular weight is 347 g/mol. The molecule has 3 heteroatoms. The van der Waals surface area contributed by atoms with E-state index in [1.807, 2.05) is 6.92 Å². The number of Topliss-reactive ketones (excluding diaryl/α,β-unsaturated/α-hetero) is 1. The normalized spacial score (nSPS) is 62.4. The third-order valence-electron chi connectivity index (χ3n) is 9.84. The molecule has 5 fully saturated rings. The number of fused-ring (bicyclic) bond motifs is 4. The molecule has 0 amide bonds. The summed E-state index contributed by atoms with van der Waals surface area (Å²) in [4.78, 5) is 12.4. The second-order valence-electron chi connectivity index (χ2n) is 10.8. The highest BCUT2D eigenvalue weighted by molar-refractivity contribution is 5.79. The monoisotopic (exact) mass is 346 g/mol.